The molecule has 0 aromatic rings. The summed E-state index contributed by atoms with van der Waals surface area (Å²) in [6, 6.07) is 0. The molecule has 0 aromatic carbocycles. The Labute approximate surface area is 88.9 Å². The molecule has 1 rings (SSSR count). The molecule has 1 unspecified atom stereocenters. The first kappa shape index (κ1) is 12.0. The Morgan fingerprint density at radius 2 is 1.86 bits per heavy atom. The SMILES string of the molecule is CCCCCCC(O)CC1CCCC1. The molecule has 1 aliphatic carbocycles. The zero-order valence-corrected chi connectivity index (χ0v) is 9.67. The molecular weight excluding hydrogens is 172 g/mol. The number of unbranched alkanes of at least 4 members (excludes halogenated alkanes) is 3. The lowest BCUT2D eigenvalue weighted by Gasteiger charge is -2.14. The molecule has 0 aromatic heterocycles. The van der Waals surface area contributed by atoms with Gasteiger partial charge in [-0.05, 0) is 18.8 Å². The van der Waals surface area contributed by atoms with Gasteiger partial charge in [0.05, 0.1) is 6.10 Å². The van der Waals surface area contributed by atoms with E-state index in [1.807, 2.05) is 0 Å². The van der Waals surface area contributed by atoms with Crippen molar-refractivity contribution in [3.8, 4) is 0 Å². The predicted molar refractivity (Wildman–Crippen MR) is 61.3 cm³/mol. The van der Waals surface area contributed by atoms with Gasteiger partial charge in [-0.2, -0.15) is 0 Å². The van der Waals surface area contributed by atoms with Gasteiger partial charge in [0.1, 0.15) is 0 Å². The van der Waals surface area contributed by atoms with Crippen LogP contribution in [0, 0.1) is 5.92 Å². The van der Waals surface area contributed by atoms with E-state index in [0.717, 1.165) is 18.8 Å². The smallest absolute Gasteiger partial charge is 0.0542 e. The van der Waals surface area contributed by atoms with Gasteiger partial charge in [-0.3, -0.25) is 0 Å². The molecule has 0 heterocycles. The molecular formula is C13H26O. The first-order valence-corrected chi connectivity index (χ1v) is 6.51. The molecule has 14 heavy (non-hydrogen) atoms. The molecule has 1 atom stereocenters. The second-order valence-corrected chi connectivity index (χ2v) is 4.89. The van der Waals surface area contributed by atoms with Crippen molar-refractivity contribution in [3.63, 3.8) is 0 Å². The molecule has 1 fully saturated rings. The molecule has 0 aliphatic heterocycles. The summed E-state index contributed by atoms with van der Waals surface area (Å²) in [4.78, 5) is 0. The minimum absolute atomic E-state index is 0.00467. The van der Waals surface area contributed by atoms with Crippen molar-refractivity contribution in [1.29, 1.82) is 0 Å². The molecule has 0 amide bonds. The van der Waals surface area contributed by atoms with Gasteiger partial charge < -0.3 is 5.11 Å². The third-order valence-electron chi connectivity index (χ3n) is 3.47. The highest BCUT2D eigenvalue weighted by Gasteiger charge is 2.18. The van der Waals surface area contributed by atoms with E-state index in [2.05, 4.69) is 6.92 Å². The zero-order chi connectivity index (χ0) is 10.2. The van der Waals surface area contributed by atoms with Crippen LogP contribution in [-0.4, -0.2) is 11.2 Å². The highest BCUT2D eigenvalue weighted by molar-refractivity contribution is 4.71. The van der Waals surface area contributed by atoms with E-state index in [9.17, 15) is 5.11 Å². The second-order valence-electron chi connectivity index (χ2n) is 4.89. The second kappa shape index (κ2) is 7.28. The van der Waals surface area contributed by atoms with E-state index < -0.39 is 0 Å². The van der Waals surface area contributed by atoms with Gasteiger partial charge in [0, 0.05) is 0 Å². The average molecular weight is 198 g/mol. The summed E-state index contributed by atoms with van der Waals surface area (Å²) in [5.74, 6) is 0.844. The first-order chi connectivity index (χ1) is 6.83. The van der Waals surface area contributed by atoms with Crippen LogP contribution >= 0.6 is 0 Å². The Morgan fingerprint density at radius 3 is 2.50 bits per heavy atom. The van der Waals surface area contributed by atoms with Crippen LogP contribution in [0.4, 0.5) is 0 Å². The lowest BCUT2D eigenvalue weighted by molar-refractivity contribution is 0.130. The molecule has 0 radical (unpaired) electrons. The van der Waals surface area contributed by atoms with Gasteiger partial charge in [-0.1, -0.05) is 58.3 Å². The summed E-state index contributed by atoms with van der Waals surface area (Å²) >= 11 is 0. The maximum Gasteiger partial charge on any atom is 0.0542 e. The van der Waals surface area contributed by atoms with Crippen molar-refractivity contribution in [2.24, 2.45) is 5.92 Å². The largest absolute Gasteiger partial charge is 0.393 e. The van der Waals surface area contributed by atoms with Crippen molar-refractivity contribution in [1.82, 2.24) is 0 Å². The average Bonchev–Trinajstić information content (AvgIpc) is 2.65. The lowest BCUT2D eigenvalue weighted by atomic mass is 9.97. The van der Waals surface area contributed by atoms with Crippen molar-refractivity contribution < 1.29 is 5.11 Å². The van der Waals surface area contributed by atoms with Crippen molar-refractivity contribution in [2.75, 3.05) is 0 Å². The zero-order valence-electron chi connectivity index (χ0n) is 9.67. The van der Waals surface area contributed by atoms with Gasteiger partial charge in [0.2, 0.25) is 0 Å². The molecule has 0 saturated heterocycles. The van der Waals surface area contributed by atoms with Crippen LogP contribution < -0.4 is 0 Å². The Morgan fingerprint density at radius 1 is 1.14 bits per heavy atom. The fraction of sp³-hybridized carbons (Fsp3) is 1.00. The fourth-order valence-electron chi connectivity index (χ4n) is 2.56. The van der Waals surface area contributed by atoms with Crippen LogP contribution in [0.25, 0.3) is 0 Å². The van der Waals surface area contributed by atoms with E-state index in [1.54, 1.807) is 0 Å². The minimum Gasteiger partial charge on any atom is -0.393 e. The van der Waals surface area contributed by atoms with E-state index in [1.165, 1.54) is 51.4 Å². The van der Waals surface area contributed by atoms with Crippen molar-refractivity contribution in [3.05, 3.63) is 0 Å². The normalized spacial score (nSPS) is 20.1. The monoisotopic (exact) mass is 198 g/mol. The summed E-state index contributed by atoms with van der Waals surface area (Å²) in [6.45, 7) is 2.23. The summed E-state index contributed by atoms with van der Waals surface area (Å²) in [6.07, 6.45) is 12.8. The van der Waals surface area contributed by atoms with Gasteiger partial charge in [0.25, 0.3) is 0 Å². The molecule has 1 heteroatoms. The predicted octanol–water partition coefficient (Wildman–Crippen LogP) is 3.90. The standard InChI is InChI=1S/C13H26O/c1-2-3-4-5-10-13(14)11-12-8-6-7-9-12/h12-14H,2-11H2,1H3. The molecule has 0 bridgehead atoms. The van der Waals surface area contributed by atoms with E-state index >= 15 is 0 Å². The Kier molecular flexibility index (Phi) is 6.25. The Balaban J connectivity index is 1.95. The van der Waals surface area contributed by atoms with E-state index in [-0.39, 0.29) is 6.10 Å². The van der Waals surface area contributed by atoms with Gasteiger partial charge in [-0.15, -0.1) is 0 Å². The molecule has 1 nitrogen and oxygen atoms in total. The Bertz CT molecular complexity index is 127. The van der Waals surface area contributed by atoms with E-state index in [4.69, 9.17) is 0 Å². The summed E-state index contributed by atoms with van der Waals surface area (Å²) in [5.41, 5.74) is 0. The third-order valence-corrected chi connectivity index (χ3v) is 3.47. The molecule has 84 valence electrons. The number of hydrogen-bond acceptors (Lipinski definition) is 1. The van der Waals surface area contributed by atoms with Crippen LogP contribution in [0.5, 0.6) is 0 Å². The fourth-order valence-corrected chi connectivity index (χ4v) is 2.56. The molecule has 0 spiro atoms. The number of rotatable bonds is 7. The summed E-state index contributed by atoms with van der Waals surface area (Å²) in [7, 11) is 0. The Hall–Kier alpha value is -0.0400. The van der Waals surface area contributed by atoms with Gasteiger partial charge >= 0.3 is 0 Å². The van der Waals surface area contributed by atoms with Gasteiger partial charge in [-0.25, -0.2) is 0 Å². The molecule has 1 N–H and O–H groups in total. The third kappa shape index (κ3) is 4.99. The van der Waals surface area contributed by atoms with E-state index in [0.29, 0.717) is 0 Å². The summed E-state index contributed by atoms with van der Waals surface area (Å²) in [5, 5.41) is 9.81. The molecule has 1 saturated carbocycles. The molecule has 1 aliphatic rings. The highest BCUT2D eigenvalue weighted by atomic mass is 16.3. The topological polar surface area (TPSA) is 20.2 Å². The van der Waals surface area contributed by atoms with Crippen LogP contribution in [0.1, 0.15) is 71.1 Å². The van der Waals surface area contributed by atoms with Crippen LogP contribution in [0.15, 0.2) is 0 Å². The first-order valence-electron chi connectivity index (χ1n) is 6.51. The van der Waals surface area contributed by atoms with Crippen molar-refractivity contribution in [2.45, 2.75) is 77.2 Å². The minimum atomic E-state index is -0.00467. The van der Waals surface area contributed by atoms with Crippen LogP contribution in [-0.2, 0) is 0 Å². The number of aliphatic hydroxyl groups excluding tert-OH is 1. The maximum atomic E-state index is 9.81. The van der Waals surface area contributed by atoms with Crippen LogP contribution in [0.3, 0.4) is 0 Å². The number of aliphatic hydroxyl groups is 1. The highest BCUT2D eigenvalue weighted by Crippen LogP contribution is 2.29. The van der Waals surface area contributed by atoms with Gasteiger partial charge in [0.15, 0.2) is 0 Å². The van der Waals surface area contributed by atoms with Crippen molar-refractivity contribution >= 4 is 0 Å². The van der Waals surface area contributed by atoms with Crippen LogP contribution in [0.2, 0.25) is 0 Å². The maximum absolute atomic E-state index is 9.81. The summed E-state index contributed by atoms with van der Waals surface area (Å²) < 4.78 is 0. The quantitative estimate of drug-likeness (QED) is 0.615. The lowest BCUT2D eigenvalue weighted by Crippen LogP contribution is -2.11. The number of hydrogen-bond donors (Lipinski definition) is 1.